The summed E-state index contributed by atoms with van der Waals surface area (Å²) >= 11 is 0. The van der Waals surface area contributed by atoms with Crippen LogP contribution in [0.15, 0.2) is 36.5 Å². The van der Waals surface area contributed by atoms with E-state index in [1.165, 1.54) is 5.56 Å². The highest BCUT2D eigenvalue weighted by molar-refractivity contribution is 5.27. The van der Waals surface area contributed by atoms with E-state index in [0.717, 1.165) is 25.5 Å². The zero-order valence-corrected chi connectivity index (χ0v) is 8.94. The van der Waals surface area contributed by atoms with Crippen molar-refractivity contribution >= 4 is 0 Å². The van der Waals surface area contributed by atoms with Crippen LogP contribution in [0.25, 0.3) is 0 Å². The molecule has 1 aromatic carbocycles. The van der Waals surface area contributed by atoms with Gasteiger partial charge in [0.15, 0.2) is 0 Å². The molecule has 0 radical (unpaired) electrons. The molecule has 0 spiro atoms. The van der Waals surface area contributed by atoms with Crippen molar-refractivity contribution in [3.05, 3.63) is 42.1 Å². The van der Waals surface area contributed by atoms with E-state index >= 15 is 0 Å². The largest absolute Gasteiger partial charge is 0.497 e. The maximum atomic E-state index is 5.12. The number of nitrogens with zero attached hydrogens (tertiary/aromatic N) is 1. The zero-order chi connectivity index (χ0) is 10.5. The average Bonchev–Trinajstić information content (AvgIpc) is 2.31. The van der Waals surface area contributed by atoms with Crippen LogP contribution >= 0.6 is 0 Å². The van der Waals surface area contributed by atoms with Gasteiger partial charge in [-0.2, -0.15) is 0 Å². The molecule has 0 amide bonds. The summed E-state index contributed by atoms with van der Waals surface area (Å²) in [7, 11) is 1.69. The summed E-state index contributed by atoms with van der Waals surface area (Å²) in [5.74, 6) is 0.912. The van der Waals surface area contributed by atoms with Crippen LogP contribution in [0.1, 0.15) is 5.56 Å². The van der Waals surface area contributed by atoms with Crippen molar-refractivity contribution in [1.29, 1.82) is 0 Å². The van der Waals surface area contributed by atoms with Gasteiger partial charge in [0.25, 0.3) is 0 Å². The summed E-state index contributed by atoms with van der Waals surface area (Å²) in [5.41, 5.74) is 1.31. The van der Waals surface area contributed by atoms with Crippen LogP contribution < -0.4 is 10.1 Å². The maximum absolute atomic E-state index is 5.12. The summed E-state index contributed by atoms with van der Waals surface area (Å²) in [5, 5.41) is 3.20. The highest BCUT2D eigenvalue weighted by atomic mass is 16.5. The van der Waals surface area contributed by atoms with Gasteiger partial charge in [-0.25, -0.2) is 0 Å². The van der Waals surface area contributed by atoms with Crippen LogP contribution in [0.2, 0.25) is 0 Å². The van der Waals surface area contributed by atoms with Crippen LogP contribution in [-0.2, 0) is 6.54 Å². The number of methoxy groups -OCH3 is 1. The van der Waals surface area contributed by atoms with Crippen molar-refractivity contribution in [3.8, 4) is 5.75 Å². The summed E-state index contributed by atoms with van der Waals surface area (Å²) in [6.07, 6.45) is 4.14. The third-order valence-corrected chi connectivity index (χ3v) is 2.48. The van der Waals surface area contributed by atoms with E-state index in [1.54, 1.807) is 7.11 Å². The number of nitrogens with one attached hydrogen (secondary N) is 1. The molecule has 0 saturated heterocycles. The van der Waals surface area contributed by atoms with Gasteiger partial charge in [0.1, 0.15) is 5.75 Å². The topological polar surface area (TPSA) is 24.5 Å². The number of rotatable bonds is 3. The first-order valence-corrected chi connectivity index (χ1v) is 5.12. The summed E-state index contributed by atoms with van der Waals surface area (Å²) in [6, 6.07) is 8.22. The Morgan fingerprint density at radius 2 is 2.13 bits per heavy atom. The minimum Gasteiger partial charge on any atom is -0.497 e. The Balaban J connectivity index is 1.95. The first-order valence-electron chi connectivity index (χ1n) is 5.12. The van der Waals surface area contributed by atoms with Gasteiger partial charge < -0.3 is 10.1 Å². The van der Waals surface area contributed by atoms with E-state index in [4.69, 9.17) is 4.74 Å². The predicted octanol–water partition coefficient (Wildman–Crippen LogP) is 1.57. The van der Waals surface area contributed by atoms with Crippen LogP contribution in [0.3, 0.4) is 0 Å². The number of hydrogen-bond donors (Lipinski definition) is 1. The lowest BCUT2D eigenvalue weighted by molar-refractivity contribution is 0.272. The van der Waals surface area contributed by atoms with Gasteiger partial charge >= 0.3 is 0 Å². The Bertz CT molecular complexity index is 332. The quantitative estimate of drug-likeness (QED) is 0.809. The molecule has 1 aliphatic heterocycles. The number of benzene rings is 1. The molecular formula is C12H16N2O. The summed E-state index contributed by atoms with van der Waals surface area (Å²) in [4.78, 5) is 2.34. The summed E-state index contributed by atoms with van der Waals surface area (Å²) in [6.45, 7) is 2.91. The molecule has 0 aromatic heterocycles. The lowest BCUT2D eigenvalue weighted by atomic mass is 10.2. The molecule has 0 fully saturated rings. The minimum atomic E-state index is 0.912. The lowest BCUT2D eigenvalue weighted by Gasteiger charge is -2.23. The molecule has 80 valence electrons. The van der Waals surface area contributed by atoms with Crippen molar-refractivity contribution in [2.75, 3.05) is 20.3 Å². The van der Waals surface area contributed by atoms with E-state index in [0.29, 0.717) is 0 Å². The van der Waals surface area contributed by atoms with Crippen LogP contribution in [0.5, 0.6) is 5.75 Å². The second-order valence-electron chi connectivity index (χ2n) is 3.62. The Kier molecular flexibility index (Phi) is 3.25. The minimum absolute atomic E-state index is 0.912. The van der Waals surface area contributed by atoms with Gasteiger partial charge in [0.05, 0.1) is 13.8 Å². The van der Waals surface area contributed by atoms with Gasteiger partial charge in [-0.3, -0.25) is 4.90 Å². The second kappa shape index (κ2) is 4.84. The Morgan fingerprint density at radius 3 is 2.73 bits per heavy atom. The number of ether oxygens (including phenoxy) is 1. The molecule has 0 aliphatic carbocycles. The normalized spacial score (nSPS) is 16.1. The third kappa shape index (κ3) is 2.73. The second-order valence-corrected chi connectivity index (χ2v) is 3.62. The molecule has 0 bridgehead atoms. The van der Waals surface area contributed by atoms with Gasteiger partial charge in [0, 0.05) is 13.1 Å². The van der Waals surface area contributed by atoms with E-state index in [9.17, 15) is 0 Å². The molecule has 0 unspecified atom stereocenters. The molecule has 15 heavy (non-hydrogen) atoms. The van der Waals surface area contributed by atoms with Crippen molar-refractivity contribution in [3.63, 3.8) is 0 Å². The standard InChI is InChI=1S/C12H16N2O/c1-15-12-5-3-11(4-6-12)9-14-8-2-7-13-10-14/h2-7,13H,8-10H2,1H3. The van der Waals surface area contributed by atoms with Crippen molar-refractivity contribution in [1.82, 2.24) is 10.2 Å². The Morgan fingerprint density at radius 1 is 1.33 bits per heavy atom. The number of hydrogen-bond acceptors (Lipinski definition) is 3. The van der Waals surface area contributed by atoms with Gasteiger partial charge in [-0.1, -0.05) is 18.2 Å². The van der Waals surface area contributed by atoms with Crippen LogP contribution in [-0.4, -0.2) is 25.2 Å². The van der Waals surface area contributed by atoms with Gasteiger partial charge in [-0.05, 0) is 23.9 Å². The molecule has 1 heterocycles. The monoisotopic (exact) mass is 204 g/mol. The zero-order valence-electron chi connectivity index (χ0n) is 8.94. The highest BCUT2D eigenvalue weighted by Crippen LogP contribution is 2.13. The Labute approximate surface area is 90.3 Å². The van der Waals surface area contributed by atoms with Crippen LogP contribution in [0.4, 0.5) is 0 Å². The lowest BCUT2D eigenvalue weighted by Crippen LogP contribution is -2.34. The Hall–Kier alpha value is -1.48. The van der Waals surface area contributed by atoms with Gasteiger partial charge in [0.2, 0.25) is 0 Å². The fourth-order valence-electron chi connectivity index (χ4n) is 1.64. The molecule has 2 rings (SSSR count). The van der Waals surface area contributed by atoms with E-state index < -0.39 is 0 Å². The van der Waals surface area contributed by atoms with E-state index in [-0.39, 0.29) is 0 Å². The highest BCUT2D eigenvalue weighted by Gasteiger charge is 2.05. The molecule has 0 saturated carbocycles. The molecule has 0 atom stereocenters. The predicted molar refractivity (Wildman–Crippen MR) is 60.5 cm³/mol. The molecule has 1 N–H and O–H groups in total. The smallest absolute Gasteiger partial charge is 0.118 e. The fourth-order valence-corrected chi connectivity index (χ4v) is 1.64. The molecular weight excluding hydrogens is 188 g/mol. The molecule has 3 heteroatoms. The van der Waals surface area contributed by atoms with Crippen molar-refractivity contribution in [2.45, 2.75) is 6.54 Å². The van der Waals surface area contributed by atoms with E-state index in [1.807, 2.05) is 18.3 Å². The first kappa shape index (κ1) is 10.1. The van der Waals surface area contributed by atoms with Crippen molar-refractivity contribution in [2.24, 2.45) is 0 Å². The van der Waals surface area contributed by atoms with Crippen molar-refractivity contribution < 1.29 is 4.74 Å². The maximum Gasteiger partial charge on any atom is 0.118 e. The third-order valence-electron chi connectivity index (χ3n) is 2.48. The molecule has 1 aliphatic rings. The molecule has 1 aromatic rings. The fraction of sp³-hybridized carbons (Fsp3) is 0.333. The van der Waals surface area contributed by atoms with E-state index in [2.05, 4.69) is 28.4 Å². The first-order chi connectivity index (χ1) is 7.38. The van der Waals surface area contributed by atoms with Gasteiger partial charge in [-0.15, -0.1) is 0 Å². The summed E-state index contributed by atoms with van der Waals surface area (Å²) < 4.78 is 5.12. The average molecular weight is 204 g/mol. The van der Waals surface area contributed by atoms with Crippen LogP contribution in [0, 0.1) is 0 Å². The SMILES string of the molecule is COc1ccc(CN2CC=CNC2)cc1. The molecule has 3 nitrogen and oxygen atoms in total.